The fraction of sp³-hybridized carbons (Fsp3) is 0.889. The highest BCUT2D eigenvalue weighted by molar-refractivity contribution is 5.66. The summed E-state index contributed by atoms with van der Waals surface area (Å²) in [7, 11) is 0. The van der Waals surface area contributed by atoms with Crippen molar-refractivity contribution in [1.29, 1.82) is 0 Å². The van der Waals surface area contributed by atoms with Crippen LogP contribution in [-0.2, 0) is 9.53 Å². The van der Waals surface area contributed by atoms with E-state index in [2.05, 4.69) is 0 Å². The van der Waals surface area contributed by atoms with E-state index in [1.165, 1.54) is 6.42 Å². The van der Waals surface area contributed by atoms with Crippen molar-refractivity contribution < 1.29 is 14.6 Å². The lowest BCUT2D eigenvalue weighted by molar-refractivity contribution is -0.137. The third kappa shape index (κ3) is 3.72. The number of carbonyl (C=O) groups is 1. The number of carboxylic acid groups (broad SMARTS) is 1. The number of hydrogen-bond acceptors (Lipinski definition) is 2. The molecule has 0 spiro atoms. The molecule has 0 aromatic heterocycles. The number of hydrogen-bond donors (Lipinski definition) is 1. The Morgan fingerprint density at radius 1 is 1.50 bits per heavy atom. The molecule has 3 heteroatoms. The second kappa shape index (κ2) is 5.14. The molecule has 1 aliphatic rings. The highest BCUT2D eigenvalue weighted by Gasteiger charge is 2.13. The molecule has 0 aromatic rings. The van der Waals surface area contributed by atoms with Crippen LogP contribution in [-0.4, -0.2) is 23.8 Å². The maximum atomic E-state index is 10.2. The Labute approximate surface area is 72.7 Å². The van der Waals surface area contributed by atoms with Crippen molar-refractivity contribution in [1.82, 2.24) is 0 Å². The molecule has 0 aromatic carbocycles. The minimum absolute atomic E-state index is 0.278. The summed E-state index contributed by atoms with van der Waals surface area (Å²) >= 11 is 0. The Kier molecular flexibility index (Phi) is 4.08. The first-order chi connectivity index (χ1) is 5.79. The van der Waals surface area contributed by atoms with Gasteiger partial charge in [-0.15, -0.1) is 0 Å². The molecule has 0 aliphatic carbocycles. The lowest BCUT2D eigenvalue weighted by atomic mass is 10.0. The van der Waals surface area contributed by atoms with Crippen LogP contribution in [0.25, 0.3) is 0 Å². The molecule has 1 saturated heterocycles. The fourth-order valence-electron chi connectivity index (χ4n) is 1.52. The zero-order valence-electron chi connectivity index (χ0n) is 7.29. The Morgan fingerprint density at radius 2 is 2.33 bits per heavy atom. The van der Waals surface area contributed by atoms with Crippen LogP contribution in [0.5, 0.6) is 0 Å². The van der Waals surface area contributed by atoms with E-state index in [9.17, 15) is 4.79 Å². The van der Waals surface area contributed by atoms with Gasteiger partial charge in [0.05, 0.1) is 6.10 Å². The van der Waals surface area contributed by atoms with E-state index in [1.807, 2.05) is 0 Å². The molecular weight excluding hydrogens is 156 g/mol. The topological polar surface area (TPSA) is 46.5 Å². The molecule has 0 saturated carbocycles. The van der Waals surface area contributed by atoms with Crippen LogP contribution < -0.4 is 0 Å². The van der Waals surface area contributed by atoms with E-state index in [0.717, 1.165) is 32.3 Å². The summed E-state index contributed by atoms with van der Waals surface area (Å²) in [5.41, 5.74) is 0. The molecule has 12 heavy (non-hydrogen) atoms. The van der Waals surface area contributed by atoms with Crippen LogP contribution in [0.15, 0.2) is 0 Å². The van der Waals surface area contributed by atoms with Crippen molar-refractivity contribution in [3.63, 3.8) is 0 Å². The summed E-state index contributed by atoms with van der Waals surface area (Å²) in [4.78, 5) is 10.2. The molecule has 0 amide bonds. The molecular formula is C9H16O3. The average Bonchev–Trinajstić information content (AvgIpc) is 2.05. The van der Waals surface area contributed by atoms with Crippen molar-refractivity contribution in [3.05, 3.63) is 0 Å². The quantitative estimate of drug-likeness (QED) is 0.703. The van der Waals surface area contributed by atoms with E-state index >= 15 is 0 Å². The molecule has 70 valence electrons. The number of aliphatic carboxylic acids is 1. The van der Waals surface area contributed by atoms with Gasteiger partial charge in [0.2, 0.25) is 0 Å². The summed E-state index contributed by atoms with van der Waals surface area (Å²) in [6.45, 7) is 0.859. The van der Waals surface area contributed by atoms with Gasteiger partial charge < -0.3 is 9.84 Å². The van der Waals surface area contributed by atoms with E-state index in [1.54, 1.807) is 0 Å². The number of rotatable bonds is 4. The summed E-state index contributed by atoms with van der Waals surface area (Å²) in [6.07, 6.45) is 5.77. The van der Waals surface area contributed by atoms with Gasteiger partial charge >= 0.3 is 5.97 Å². The molecule has 0 radical (unpaired) electrons. The maximum absolute atomic E-state index is 10.2. The van der Waals surface area contributed by atoms with E-state index in [4.69, 9.17) is 9.84 Å². The van der Waals surface area contributed by atoms with Gasteiger partial charge in [-0.25, -0.2) is 0 Å². The largest absolute Gasteiger partial charge is 0.481 e. The summed E-state index contributed by atoms with van der Waals surface area (Å²) in [6, 6.07) is 0. The average molecular weight is 172 g/mol. The first kappa shape index (κ1) is 9.52. The van der Waals surface area contributed by atoms with Gasteiger partial charge in [-0.2, -0.15) is 0 Å². The van der Waals surface area contributed by atoms with Crippen LogP contribution in [0.1, 0.15) is 38.5 Å². The minimum Gasteiger partial charge on any atom is -0.481 e. The Morgan fingerprint density at radius 3 is 2.92 bits per heavy atom. The lowest BCUT2D eigenvalue weighted by Crippen LogP contribution is -2.18. The maximum Gasteiger partial charge on any atom is 0.303 e. The molecule has 1 N–H and O–H groups in total. The Balaban J connectivity index is 2.01. The van der Waals surface area contributed by atoms with E-state index in [0.29, 0.717) is 6.10 Å². The van der Waals surface area contributed by atoms with E-state index < -0.39 is 5.97 Å². The first-order valence-corrected chi connectivity index (χ1v) is 4.62. The lowest BCUT2D eigenvalue weighted by Gasteiger charge is -2.21. The third-order valence-electron chi connectivity index (χ3n) is 2.19. The summed E-state index contributed by atoms with van der Waals surface area (Å²) in [5, 5.41) is 8.40. The molecule has 0 bridgehead atoms. The predicted octanol–water partition coefficient (Wildman–Crippen LogP) is 1.81. The zero-order valence-corrected chi connectivity index (χ0v) is 7.29. The number of ether oxygens (including phenoxy) is 1. The van der Waals surface area contributed by atoms with Crippen molar-refractivity contribution in [2.75, 3.05) is 6.61 Å². The molecule has 1 atom stereocenters. The second-order valence-electron chi connectivity index (χ2n) is 3.27. The van der Waals surface area contributed by atoms with Crippen LogP contribution in [0.4, 0.5) is 0 Å². The molecule has 1 fully saturated rings. The zero-order chi connectivity index (χ0) is 8.81. The standard InChI is InChI=1S/C9H16O3/c10-9(11)6-3-5-8-4-1-2-7-12-8/h8H,1-7H2,(H,10,11). The third-order valence-corrected chi connectivity index (χ3v) is 2.19. The molecule has 1 unspecified atom stereocenters. The van der Waals surface area contributed by atoms with Gasteiger partial charge in [0.1, 0.15) is 0 Å². The predicted molar refractivity (Wildman–Crippen MR) is 45.1 cm³/mol. The van der Waals surface area contributed by atoms with Crippen molar-refractivity contribution in [2.45, 2.75) is 44.6 Å². The van der Waals surface area contributed by atoms with Gasteiger partial charge in [-0.05, 0) is 32.1 Å². The van der Waals surface area contributed by atoms with Crippen LogP contribution in [0, 0.1) is 0 Å². The Hall–Kier alpha value is -0.570. The van der Waals surface area contributed by atoms with Crippen LogP contribution >= 0.6 is 0 Å². The number of carboxylic acids is 1. The van der Waals surface area contributed by atoms with Gasteiger partial charge in [-0.1, -0.05) is 0 Å². The molecule has 1 heterocycles. The van der Waals surface area contributed by atoms with Gasteiger partial charge in [0.25, 0.3) is 0 Å². The normalized spacial score (nSPS) is 23.8. The van der Waals surface area contributed by atoms with Gasteiger partial charge in [0.15, 0.2) is 0 Å². The smallest absolute Gasteiger partial charge is 0.303 e. The monoisotopic (exact) mass is 172 g/mol. The molecule has 1 aliphatic heterocycles. The van der Waals surface area contributed by atoms with Crippen molar-refractivity contribution in [3.8, 4) is 0 Å². The Bertz CT molecular complexity index is 139. The molecule has 1 rings (SSSR count). The summed E-state index contributed by atoms with van der Waals surface area (Å²) < 4.78 is 5.47. The van der Waals surface area contributed by atoms with Crippen molar-refractivity contribution >= 4 is 5.97 Å². The minimum atomic E-state index is -0.703. The highest BCUT2D eigenvalue weighted by atomic mass is 16.5. The van der Waals surface area contributed by atoms with Crippen LogP contribution in [0.3, 0.4) is 0 Å². The summed E-state index contributed by atoms with van der Waals surface area (Å²) in [5.74, 6) is -0.703. The van der Waals surface area contributed by atoms with Crippen molar-refractivity contribution in [2.24, 2.45) is 0 Å². The van der Waals surface area contributed by atoms with E-state index in [-0.39, 0.29) is 6.42 Å². The molecule has 3 nitrogen and oxygen atoms in total. The van der Waals surface area contributed by atoms with Crippen LogP contribution in [0.2, 0.25) is 0 Å². The highest BCUT2D eigenvalue weighted by Crippen LogP contribution is 2.17. The fourth-order valence-corrected chi connectivity index (χ4v) is 1.52. The first-order valence-electron chi connectivity index (χ1n) is 4.62. The SMILES string of the molecule is O=C(O)CCCC1CCCCO1. The van der Waals surface area contributed by atoms with Gasteiger partial charge in [-0.3, -0.25) is 4.79 Å². The van der Waals surface area contributed by atoms with Gasteiger partial charge in [0, 0.05) is 13.0 Å². The second-order valence-corrected chi connectivity index (χ2v) is 3.27.